The van der Waals surface area contributed by atoms with Crippen molar-refractivity contribution in [3.63, 3.8) is 0 Å². The van der Waals surface area contributed by atoms with Crippen molar-refractivity contribution in [1.29, 1.82) is 0 Å². The number of carbonyl (C=O) groups is 1. The summed E-state index contributed by atoms with van der Waals surface area (Å²) in [7, 11) is 0. The second kappa shape index (κ2) is 7.09. The van der Waals surface area contributed by atoms with Crippen molar-refractivity contribution in [3.05, 3.63) is 24.0 Å². The number of aromatic nitrogens is 1. The molecule has 1 aliphatic heterocycles. The van der Waals surface area contributed by atoms with E-state index in [1.807, 2.05) is 13.0 Å². The molecule has 0 bridgehead atoms. The molecule has 0 saturated carbocycles. The highest BCUT2D eigenvalue weighted by Crippen LogP contribution is 2.12. The first-order valence-corrected chi connectivity index (χ1v) is 6.85. The SMILES string of the molecule is CCNc1ccc(C(=O)NCC2CCCOC2)nc1. The number of nitrogens with one attached hydrogen (secondary N) is 2. The fourth-order valence-electron chi connectivity index (χ4n) is 2.13. The summed E-state index contributed by atoms with van der Waals surface area (Å²) in [4.78, 5) is 16.1. The molecule has 2 N–H and O–H groups in total. The number of amides is 1. The summed E-state index contributed by atoms with van der Waals surface area (Å²) in [5.41, 5.74) is 1.39. The van der Waals surface area contributed by atoms with Gasteiger partial charge in [0.05, 0.1) is 18.5 Å². The molecular formula is C14H21N3O2. The van der Waals surface area contributed by atoms with Crippen molar-refractivity contribution in [2.45, 2.75) is 19.8 Å². The zero-order valence-corrected chi connectivity index (χ0v) is 11.3. The van der Waals surface area contributed by atoms with Gasteiger partial charge in [-0.3, -0.25) is 4.79 Å². The standard InChI is InChI=1S/C14H21N3O2/c1-2-15-12-5-6-13(16-9-12)14(18)17-8-11-4-3-7-19-10-11/h5-6,9,11,15H,2-4,7-8,10H2,1H3,(H,17,18). The van der Waals surface area contributed by atoms with Crippen LogP contribution in [-0.4, -0.2) is 37.2 Å². The number of ether oxygens (including phenoxy) is 1. The van der Waals surface area contributed by atoms with Gasteiger partial charge >= 0.3 is 0 Å². The van der Waals surface area contributed by atoms with Crippen LogP contribution in [0.1, 0.15) is 30.3 Å². The molecule has 5 nitrogen and oxygen atoms in total. The van der Waals surface area contributed by atoms with Crippen LogP contribution in [0.2, 0.25) is 0 Å². The van der Waals surface area contributed by atoms with Gasteiger partial charge in [0.1, 0.15) is 5.69 Å². The van der Waals surface area contributed by atoms with Crippen molar-refractivity contribution in [2.75, 3.05) is 31.6 Å². The monoisotopic (exact) mass is 263 g/mol. The van der Waals surface area contributed by atoms with Crippen molar-refractivity contribution in [1.82, 2.24) is 10.3 Å². The fourth-order valence-corrected chi connectivity index (χ4v) is 2.13. The van der Waals surface area contributed by atoms with Crippen LogP contribution in [-0.2, 0) is 4.74 Å². The summed E-state index contributed by atoms with van der Waals surface area (Å²) in [6.07, 6.45) is 3.88. The summed E-state index contributed by atoms with van der Waals surface area (Å²) in [6, 6.07) is 3.61. The molecule has 2 rings (SSSR count). The first kappa shape index (κ1) is 13.8. The topological polar surface area (TPSA) is 63.2 Å². The molecule has 1 aromatic rings. The van der Waals surface area contributed by atoms with Crippen LogP contribution in [0, 0.1) is 5.92 Å². The van der Waals surface area contributed by atoms with E-state index in [-0.39, 0.29) is 5.91 Å². The molecule has 0 radical (unpaired) electrons. The first-order valence-electron chi connectivity index (χ1n) is 6.85. The van der Waals surface area contributed by atoms with E-state index in [0.717, 1.165) is 38.3 Å². The third-order valence-corrected chi connectivity index (χ3v) is 3.18. The quantitative estimate of drug-likeness (QED) is 0.848. The van der Waals surface area contributed by atoms with Crippen molar-refractivity contribution < 1.29 is 9.53 Å². The summed E-state index contributed by atoms with van der Waals surface area (Å²) < 4.78 is 5.39. The van der Waals surface area contributed by atoms with Crippen LogP contribution in [0.3, 0.4) is 0 Å². The number of rotatable bonds is 5. The van der Waals surface area contributed by atoms with Crippen LogP contribution < -0.4 is 10.6 Å². The van der Waals surface area contributed by atoms with Crippen molar-refractivity contribution >= 4 is 11.6 Å². The van der Waals surface area contributed by atoms with E-state index < -0.39 is 0 Å². The highest BCUT2D eigenvalue weighted by Gasteiger charge is 2.15. The van der Waals surface area contributed by atoms with Crippen LogP contribution in [0.5, 0.6) is 0 Å². The molecule has 1 fully saturated rings. The Morgan fingerprint density at radius 1 is 1.53 bits per heavy atom. The average molecular weight is 263 g/mol. The van der Waals surface area contributed by atoms with E-state index in [1.165, 1.54) is 0 Å². The predicted octanol–water partition coefficient (Wildman–Crippen LogP) is 1.67. The third-order valence-electron chi connectivity index (χ3n) is 3.18. The maximum Gasteiger partial charge on any atom is 0.269 e. The van der Waals surface area contributed by atoms with Crippen LogP contribution in [0.25, 0.3) is 0 Å². The second-order valence-electron chi connectivity index (χ2n) is 4.76. The number of pyridine rings is 1. The number of hydrogen-bond donors (Lipinski definition) is 2. The molecule has 1 amide bonds. The molecule has 5 heteroatoms. The van der Waals surface area contributed by atoms with Crippen LogP contribution >= 0.6 is 0 Å². The van der Waals surface area contributed by atoms with Crippen molar-refractivity contribution in [2.24, 2.45) is 5.92 Å². The first-order chi connectivity index (χ1) is 9.29. The predicted molar refractivity (Wildman–Crippen MR) is 74.3 cm³/mol. The summed E-state index contributed by atoms with van der Waals surface area (Å²) in [6.45, 7) is 5.11. The van der Waals surface area contributed by atoms with Gasteiger partial charge in [0.25, 0.3) is 5.91 Å². The summed E-state index contributed by atoms with van der Waals surface area (Å²) in [5, 5.41) is 6.06. The molecule has 1 unspecified atom stereocenters. The molecule has 1 saturated heterocycles. The highest BCUT2D eigenvalue weighted by atomic mass is 16.5. The smallest absolute Gasteiger partial charge is 0.269 e. The minimum absolute atomic E-state index is 0.117. The fraction of sp³-hybridized carbons (Fsp3) is 0.571. The number of nitrogens with zero attached hydrogens (tertiary/aromatic N) is 1. The molecule has 19 heavy (non-hydrogen) atoms. The molecule has 0 aromatic carbocycles. The molecule has 0 aliphatic carbocycles. The van der Waals surface area contributed by atoms with Gasteiger partial charge < -0.3 is 15.4 Å². The van der Waals surface area contributed by atoms with Gasteiger partial charge in [-0.1, -0.05) is 0 Å². The van der Waals surface area contributed by atoms with Gasteiger partial charge in [0.15, 0.2) is 0 Å². The van der Waals surface area contributed by atoms with E-state index in [1.54, 1.807) is 12.3 Å². The van der Waals surface area contributed by atoms with Gasteiger partial charge in [0.2, 0.25) is 0 Å². The van der Waals surface area contributed by atoms with E-state index in [2.05, 4.69) is 15.6 Å². The second-order valence-corrected chi connectivity index (χ2v) is 4.76. The highest BCUT2D eigenvalue weighted by molar-refractivity contribution is 5.92. The van der Waals surface area contributed by atoms with Gasteiger partial charge in [0, 0.05) is 19.7 Å². The Morgan fingerprint density at radius 3 is 3.05 bits per heavy atom. The molecule has 0 spiro atoms. The molecular weight excluding hydrogens is 242 g/mol. The summed E-state index contributed by atoms with van der Waals surface area (Å²) >= 11 is 0. The average Bonchev–Trinajstić information content (AvgIpc) is 2.47. The maximum atomic E-state index is 11.9. The Bertz CT molecular complexity index is 400. The minimum atomic E-state index is -0.117. The van der Waals surface area contributed by atoms with Crippen LogP contribution in [0.4, 0.5) is 5.69 Å². The molecule has 2 heterocycles. The third kappa shape index (κ3) is 4.21. The van der Waals surface area contributed by atoms with Gasteiger partial charge in [-0.25, -0.2) is 4.98 Å². The molecule has 1 atom stereocenters. The van der Waals surface area contributed by atoms with E-state index in [0.29, 0.717) is 18.2 Å². The van der Waals surface area contributed by atoms with Gasteiger partial charge in [-0.2, -0.15) is 0 Å². The lowest BCUT2D eigenvalue weighted by Crippen LogP contribution is -2.33. The lowest BCUT2D eigenvalue weighted by molar-refractivity contribution is 0.0535. The zero-order valence-electron chi connectivity index (χ0n) is 11.3. The van der Waals surface area contributed by atoms with Gasteiger partial charge in [-0.05, 0) is 37.8 Å². The van der Waals surface area contributed by atoms with Crippen LogP contribution in [0.15, 0.2) is 18.3 Å². The van der Waals surface area contributed by atoms with E-state index in [9.17, 15) is 4.79 Å². The maximum absolute atomic E-state index is 11.9. The minimum Gasteiger partial charge on any atom is -0.384 e. The number of carbonyl (C=O) groups excluding carboxylic acids is 1. The lowest BCUT2D eigenvalue weighted by atomic mass is 10.0. The normalized spacial score (nSPS) is 18.9. The largest absolute Gasteiger partial charge is 0.384 e. The Balaban J connectivity index is 1.81. The molecule has 1 aromatic heterocycles. The lowest BCUT2D eigenvalue weighted by Gasteiger charge is -2.22. The Labute approximate surface area is 113 Å². The molecule has 1 aliphatic rings. The Hall–Kier alpha value is -1.62. The van der Waals surface area contributed by atoms with Gasteiger partial charge in [-0.15, -0.1) is 0 Å². The summed E-state index contributed by atoms with van der Waals surface area (Å²) in [5.74, 6) is 0.312. The molecule has 104 valence electrons. The Kier molecular flexibility index (Phi) is 5.15. The van der Waals surface area contributed by atoms with E-state index >= 15 is 0 Å². The Morgan fingerprint density at radius 2 is 2.42 bits per heavy atom. The van der Waals surface area contributed by atoms with Crippen molar-refractivity contribution in [3.8, 4) is 0 Å². The number of anilines is 1. The number of hydrogen-bond acceptors (Lipinski definition) is 4. The van der Waals surface area contributed by atoms with E-state index in [4.69, 9.17) is 4.74 Å². The zero-order chi connectivity index (χ0) is 13.5.